The molecule has 124 valence electrons. The van der Waals surface area contributed by atoms with Gasteiger partial charge in [-0.3, -0.25) is 15.5 Å². The van der Waals surface area contributed by atoms with Crippen LogP contribution in [0.3, 0.4) is 0 Å². The first-order chi connectivity index (χ1) is 11.5. The van der Waals surface area contributed by atoms with E-state index in [-0.39, 0.29) is 10.8 Å². The van der Waals surface area contributed by atoms with Crippen molar-refractivity contribution >= 4 is 50.8 Å². The topological polar surface area (TPSA) is 88.8 Å². The monoisotopic (exact) mass is 408 g/mol. The number of halogens is 1. The minimum atomic E-state index is -0.470. The molecule has 0 spiro atoms. The molecule has 0 fully saturated rings. The van der Waals surface area contributed by atoms with E-state index in [0.717, 1.165) is 0 Å². The number of nitro groups is 1. The number of para-hydroxylation sites is 2. The maximum absolute atomic E-state index is 10.9. The molecule has 2 aromatic carbocycles. The zero-order chi connectivity index (χ0) is 17.5. The minimum absolute atomic E-state index is 0.0336. The van der Waals surface area contributed by atoms with Crippen molar-refractivity contribution < 1.29 is 9.66 Å². The number of nitro benzene ring substituents is 1. The Morgan fingerprint density at radius 2 is 2.12 bits per heavy atom. The Balaban J connectivity index is 2.00. The molecular formula is C15H13BrN4O3S. The predicted octanol–water partition coefficient (Wildman–Crippen LogP) is 3.69. The highest BCUT2D eigenvalue weighted by Gasteiger charge is 2.11. The number of hydrogen-bond acceptors (Lipinski definition) is 5. The van der Waals surface area contributed by atoms with E-state index in [2.05, 4.69) is 31.8 Å². The number of ether oxygens (including phenoxy) is 1. The molecule has 0 unspecified atom stereocenters. The molecule has 0 aliphatic rings. The van der Waals surface area contributed by atoms with Gasteiger partial charge in [0.05, 0.1) is 28.4 Å². The Labute approximate surface area is 152 Å². The van der Waals surface area contributed by atoms with E-state index in [4.69, 9.17) is 17.0 Å². The largest absolute Gasteiger partial charge is 0.495 e. The highest BCUT2D eigenvalue weighted by atomic mass is 79.9. The molecule has 0 amide bonds. The van der Waals surface area contributed by atoms with Crippen LogP contribution in [0.4, 0.5) is 11.4 Å². The third-order valence-electron chi connectivity index (χ3n) is 2.90. The van der Waals surface area contributed by atoms with Gasteiger partial charge in [-0.25, -0.2) is 0 Å². The molecule has 0 saturated heterocycles. The number of anilines is 1. The lowest BCUT2D eigenvalue weighted by atomic mass is 10.2. The van der Waals surface area contributed by atoms with E-state index in [0.29, 0.717) is 21.5 Å². The molecule has 0 aromatic heterocycles. The first-order valence-electron chi connectivity index (χ1n) is 6.68. The molecule has 0 radical (unpaired) electrons. The third kappa shape index (κ3) is 4.74. The quantitative estimate of drug-likeness (QED) is 0.339. The number of rotatable bonds is 5. The molecule has 9 heteroatoms. The van der Waals surface area contributed by atoms with Crippen molar-refractivity contribution in [3.05, 3.63) is 62.6 Å². The highest BCUT2D eigenvalue weighted by Crippen LogP contribution is 2.25. The lowest BCUT2D eigenvalue weighted by Gasteiger charge is -2.10. The average molecular weight is 409 g/mol. The van der Waals surface area contributed by atoms with Crippen molar-refractivity contribution in [2.45, 2.75) is 0 Å². The summed E-state index contributed by atoms with van der Waals surface area (Å²) in [4.78, 5) is 10.4. The summed E-state index contributed by atoms with van der Waals surface area (Å²) >= 11 is 8.27. The van der Waals surface area contributed by atoms with Gasteiger partial charge in [0.25, 0.3) is 5.69 Å². The molecule has 0 aliphatic heterocycles. The van der Waals surface area contributed by atoms with Gasteiger partial charge in [-0.1, -0.05) is 18.2 Å². The van der Waals surface area contributed by atoms with Crippen LogP contribution < -0.4 is 15.5 Å². The van der Waals surface area contributed by atoms with Crippen LogP contribution in [0, 0.1) is 10.1 Å². The number of hydrazone groups is 1. The summed E-state index contributed by atoms with van der Waals surface area (Å²) in [5, 5.41) is 18.1. The fourth-order valence-corrected chi connectivity index (χ4v) is 2.37. The smallest absolute Gasteiger partial charge is 0.284 e. The van der Waals surface area contributed by atoms with Gasteiger partial charge in [-0.2, -0.15) is 5.10 Å². The molecular weight excluding hydrogens is 396 g/mol. The normalized spacial score (nSPS) is 10.4. The molecule has 24 heavy (non-hydrogen) atoms. The number of benzene rings is 2. The maximum Gasteiger partial charge on any atom is 0.284 e. The second kappa shape index (κ2) is 8.37. The van der Waals surface area contributed by atoms with E-state index < -0.39 is 4.92 Å². The van der Waals surface area contributed by atoms with E-state index in [1.807, 2.05) is 18.2 Å². The summed E-state index contributed by atoms with van der Waals surface area (Å²) in [5.41, 5.74) is 3.88. The van der Waals surface area contributed by atoms with E-state index in [1.54, 1.807) is 25.3 Å². The van der Waals surface area contributed by atoms with Gasteiger partial charge in [0.1, 0.15) is 5.75 Å². The second-order valence-electron chi connectivity index (χ2n) is 4.49. The molecule has 2 N–H and O–H groups in total. The summed E-state index contributed by atoms with van der Waals surface area (Å²) in [7, 11) is 1.57. The van der Waals surface area contributed by atoms with Gasteiger partial charge in [-0.05, 0) is 46.3 Å². The third-order valence-corrected chi connectivity index (χ3v) is 3.77. The Morgan fingerprint density at radius 1 is 1.38 bits per heavy atom. The fraction of sp³-hybridized carbons (Fsp3) is 0.0667. The summed E-state index contributed by atoms with van der Waals surface area (Å²) in [6.07, 6.45) is 1.44. The van der Waals surface area contributed by atoms with E-state index >= 15 is 0 Å². The van der Waals surface area contributed by atoms with Crippen LogP contribution in [0.1, 0.15) is 5.56 Å². The van der Waals surface area contributed by atoms with Gasteiger partial charge >= 0.3 is 0 Å². The van der Waals surface area contributed by atoms with Crippen LogP contribution in [0.15, 0.2) is 52.0 Å². The van der Waals surface area contributed by atoms with Crippen LogP contribution in [0.25, 0.3) is 0 Å². The number of thiocarbonyl (C=S) groups is 1. The Morgan fingerprint density at radius 3 is 2.83 bits per heavy atom. The van der Waals surface area contributed by atoms with Gasteiger partial charge in [0.2, 0.25) is 0 Å². The zero-order valence-corrected chi connectivity index (χ0v) is 14.9. The van der Waals surface area contributed by atoms with Crippen LogP contribution >= 0.6 is 28.1 Å². The van der Waals surface area contributed by atoms with E-state index in [1.165, 1.54) is 12.3 Å². The SMILES string of the molecule is COc1ccccc1NC(=S)N/N=C\c1ccc(Br)c([N+](=O)[O-])c1. The predicted molar refractivity (Wildman–Crippen MR) is 101 cm³/mol. The van der Waals surface area contributed by atoms with Crippen molar-refractivity contribution in [1.29, 1.82) is 0 Å². The standard InChI is InChI=1S/C15H13BrN4O3S/c1-23-14-5-3-2-4-12(14)18-15(24)19-17-9-10-6-7-11(16)13(8-10)20(21)22/h2-9H,1H3,(H2,18,19,24)/b17-9-. The Bertz CT molecular complexity index is 798. The molecule has 0 aliphatic carbocycles. The van der Waals surface area contributed by atoms with Crippen LogP contribution in [-0.2, 0) is 0 Å². The first kappa shape index (κ1) is 17.8. The molecule has 0 saturated carbocycles. The van der Waals surface area contributed by atoms with Crippen molar-refractivity contribution in [1.82, 2.24) is 5.43 Å². The lowest BCUT2D eigenvalue weighted by Crippen LogP contribution is -2.24. The van der Waals surface area contributed by atoms with Gasteiger partial charge in [-0.15, -0.1) is 0 Å². The van der Waals surface area contributed by atoms with Crippen molar-refractivity contribution in [3.63, 3.8) is 0 Å². The van der Waals surface area contributed by atoms with Crippen LogP contribution in [0.5, 0.6) is 5.75 Å². The number of hydrogen-bond donors (Lipinski definition) is 2. The molecule has 0 heterocycles. The average Bonchev–Trinajstić information content (AvgIpc) is 2.56. The van der Waals surface area contributed by atoms with Crippen molar-refractivity contribution in [2.24, 2.45) is 5.10 Å². The first-order valence-corrected chi connectivity index (χ1v) is 7.88. The summed E-state index contributed by atoms with van der Waals surface area (Å²) in [5.74, 6) is 0.647. The lowest BCUT2D eigenvalue weighted by molar-refractivity contribution is -0.385. The van der Waals surface area contributed by atoms with Crippen molar-refractivity contribution in [2.75, 3.05) is 12.4 Å². The van der Waals surface area contributed by atoms with E-state index in [9.17, 15) is 10.1 Å². The Kier molecular flexibility index (Phi) is 6.21. The minimum Gasteiger partial charge on any atom is -0.495 e. The maximum atomic E-state index is 10.9. The number of nitrogens with zero attached hydrogens (tertiary/aromatic N) is 2. The summed E-state index contributed by atoms with van der Waals surface area (Å²) in [6, 6.07) is 12.0. The molecule has 2 aromatic rings. The zero-order valence-electron chi connectivity index (χ0n) is 12.5. The Hall–Kier alpha value is -2.52. The summed E-state index contributed by atoms with van der Waals surface area (Å²) < 4.78 is 5.62. The molecule has 0 atom stereocenters. The van der Waals surface area contributed by atoms with Gasteiger partial charge < -0.3 is 10.1 Å². The second-order valence-corrected chi connectivity index (χ2v) is 5.75. The number of methoxy groups -OCH3 is 1. The molecule has 2 rings (SSSR count). The van der Waals surface area contributed by atoms with Crippen LogP contribution in [0.2, 0.25) is 0 Å². The highest BCUT2D eigenvalue weighted by molar-refractivity contribution is 9.10. The van der Waals surface area contributed by atoms with Crippen molar-refractivity contribution in [3.8, 4) is 5.75 Å². The summed E-state index contributed by atoms with van der Waals surface area (Å²) in [6.45, 7) is 0. The fourth-order valence-electron chi connectivity index (χ4n) is 1.81. The van der Waals surface area contributed by atoms with Crippen LogP contribution in [-0.4, -0.2) is 23.4 Å². The molecule has 0 bridgehead atoms. The molecule has 7 nitrogen and oxygen atoms in total. The van der Waals surface area contributed by atoms with Gasteiger partial charge in [0, 0.05) is 11.6 Å². The number of nitrogens with one attached hydrogen (secondary N) is 2. The van der Waals surface area contributed by atoms with Gasteiger partial charge in [0.15, 0.2) is 5.11 Å².